The highest BCUT2D eigenvalue weighted by molar-refractivity contribution is 5.88. The molecule has 2 aromatic heterocycles. The molecule has 174 valence electrons. The molecule has 0 aliphatic rings. The number of hydrogen-bond acceptors (Lipinski definition) is 7. The molecule has 0 aliphatic heterocycles. The van der Waals surface area contributed by atoms with Gasteiger partial charge in [-0.3, -0.25) is 4.79 Å². The van der Waals surface area contributed by atoms with Gasteiger partial charge in [-0.1, -0.05) is 30.3 Å². The van der Waals surface area contributed by atoms with Crippen LogP contribution in [0.25, 0.3) is 11.5 Å². The predicted octanol–water partition coefficient (Wildman–Crippen LogP) is 3.12. The molecule has 2 N–H and O–H groups in total. The van der Waals surface area contributed by atoms with E-state index in [-0.39, 0.29) is 22.9 Å². The third kappa shape index (κ3) is 5.65. The van der Waals surface area contributed by atoms with Crippen molar-refractivity contribution in [3.63, 3.8) is 0 Å². The summed E-state index contributed by atoms with van der Waals surface area (Å²) in [4.78, 5) is 36.6. The van der Waals surface area contributed by atoms with Gasteiger partial charge in [-0.05, 0) is 39.3 Å². The molecule has 33 heavy (non-hydrogen) atoms. The van der Waals surface area contributed by atoms with Gasteiger partial charge in [0.2, 0.25) is 5.89 Å². The number of ether oxygens (including phenoxy) is 1. The summed E-state index contributed by atoms with van der Waals surface area (Å²) >= 11 is 0. The van der Waals surface area contributed by atoms with Gasteiger partial charge in [0.05, 0.1) is 5.56 Å². The number of carboxylic acid groups (broad SMARTS) is 1. The van der Waals surface area contributed by atoms with Crippen molar-refractivity contribution in [2.75, 3.05) is 0 Å². The van der Waals surface area contributed by atoms with Gasteiger partial charge in [0.25, 0.3) is 11.4 Å². The van der Waals surface area contributed by atoms with Gasteiger partial charge in [0.1, 0.15) is 16.7 Å². The van der Waals surface area contributed by atoms with Crippen molar-refractivity contribution in [2.24, 2.45) is 7.05 Å². The van der Waals surface area contributed by atoms with Gasteiger partial charge in [-0.25, -0.2) is 9.59 Å². The second-order valence-electron chi connectivity index (χ2n) is 8.90. The third-order valence-electron chi connectivity index (χ3n) is 4.74. The Morgan fingerprint density at radius 3 is 2.42 bits per heavy atom. The van der Waals surface area contributed by atoms with E-state index in [9.17, 15) is 19.5 Å². The number of nitrogens with one attached hydrogen (secondary N) is 1. The Bertz CT molecular complexity index is 1230. The standard InChI is InChI=1S/C23H26N4O6/c1-22(2,3)33-21(31)24-23(4,12-14-9-7-6-8-10-14)20-26-25-17(32-20)16-11-15(19(29)30)13-27(5)18(16)28/h6-11,13H,12H2,1-5H3,(H,24,31)(H,29,30)/t23-/m1/s1. The molecule has 0 saturated carbocycles. The lowest BCUT2D eigenvalue weighted by molar-refractivity contribution is 0.0443. The van der Waals surface area contributed by atoms with E-state index < -0.39 is 28.8 Å². The van der Waals surface area contributed by atoms with Gasteiger partial charge in [-0.2, -0.15) is 0 Å². The SMILES string of the molecule is Cn1cc(C(=O)O)cc(-c2nnc([C@@](C)(Cc3ccccc3)NC(=O)OC(C)(C)C)o2)c1=O. The van der Waals surface area contributed by atoms with E-state index >= 15 is 0 Å². The second-order valence-corrected chi connectivity index (χ2v) is 8.90. The number of pyridine rings is 1. The van der Waals surface area contributed by atoms with Crippen molar-refractivity contribution in [1.82, 2.24) is 20.1 Å². The molecule has 1 amide bonds. The Morgan fingerprint density at radius 2 is 1.82 bits per heavy atom. The Labute approximate surface area is 190 Å². The zero-order chi connectivity index (χ0) is 24.4. The Morgan fingerprint density at radius 1 is 1.15 bits per heavy atom. The molecule has 2 heterocycles. The van der Waals surface area contributed by atoms with Crippen LogP contribution in [0.3, 0.4) is 0 Å². The van der Waals surface area contributed by atoms with Crippen LogP contribution in [0.2, 0.25) is 0 Å². The number of carboxylic acids is 1. The molecule has 0 unspecified atom stereocenters. The van der Waals surface area contributed by atoms with Crippen LogP contribution in [0.1, 0.15) is 49.5 Å². The first-order valence-corrected chi connectivity index (χ1v) is 10.2. The van der Waals surface area contributed by atoms with Crippen molar-refractivity contribution in [1.29, 1.82) is 0 Å². The first kappa shape index (κ1) is 23.7. The van der Waals surface area contributed by atoms with Crippen molar-refractivity contribution >= 4 is 12.1 Å². The van der Waals surface area contributed by atoms with Gasteiger partial charge in [-0.15, -0.1) is 10.2 Å². The Hall–Kier alpha value is -3.95. The average Bonchev–Trinajstić information content (AvgIpc) is 3.19. The van der Waals surface area contributed by atoms with Crippen LogP contribution in [-0.2, 0) is 23.7 Å². The minimum Gasteiger partial charge on any atom is -0.478 e. The number of hydrogen-bond donors (Lipinski definition) is 2. The molecule has 0 radical (unpaired) electrons. The fourth-order valence-electron chi connectivity index (χ4n) is 3.24. The van der Waals surface area contributed by atoms with Crippen LogP contribution < -0.4 is 10.9 Å². The monoisotopic (exact) mass is 454 g/mol. The van der Waals surface area contributed by atoms with E-state index in [1.54, 1.807) is 27.7 Å². The summed E-state index contributed by atoms with van der Waals surface area (Å²) in [5.41, 5.74) is -1.67. The highest BCUT2D eigenvalue weighted by Gasteiger charge is 2.37. The molecule has 0 spiro atoms. The lowest BCUT2D eigenvalue weighted by atomic mass is 9.92. The molecular formula is C23H26N4O6. The number of amides is 1. The normalized spacial score (nSPS) is 13.2. The average molecular weight is 454 g/mol. The number of carbonyl (C=O) groups excluding carboxylic acids is 1. The maximum atomic E-state index is 12.6. The second kappa shape index (κ2) is 8.89. The quantitative estimate of drug-likeness (QED) is 0.580. The Kier molecular flexibility index (Phi) is 6.39. The Balaban J connectivity index is 2.03. The van der Waals surface area contributed by atoms with E-state index in [2.05, 4.69) is 15.5 Å². The van der Waals surface area contributed by atoms with Crippen LogP contribution in [0.5, 0.6) is 0 Å². The molecule has 0 aliphatic carbocycles. The van der Waals surface area contributed by atoms with Gasteiger partial charge >= 0.3 is 12.1 Å². The highest BCUT2D eigenvalue weighted by Crippen LogP contribution is 2.28. The molecule has 10 heteroatoms. The number of aromatic carboxylic acids is 1. The number of aromatic nitrogens is 3. The number of alkyl carbamates (subject to hydrolysis) is 1. The van der Waals surface area contributed by atoms with E-state index in [0.717, 1.165) is 10.1 Å². The molecule has 3 aromatic rings. The molecule has 10 nitrogen and oxygen atoms in total. The van der Waals surface area contributed by atoms with E-state index in [0.29, 0.717) is 6.42 Å². The van der Waals surface area contributed by atoms with Gasteiger partial charge < -0.3 is 24.1 Å². The van der Waals surface area contributed by atoms with E-state index in [1.807, 2.05) is 30.3 Å². The predicted molar refractivity (Wildman–Crippen MR) is 119 cm³/mol. The summed E-state index contributed by atoms with van der Waals surface area (Å²) in [6.07, 6.45) is 0.821. The molecule has 1 aromatic carbocycles. The molecule has 3 rings (SSSR count). The fourth-order valence-corrected chi connectivity index (χ4v) is 3.24. The molecule has 0 bridgehead atoms. The van der Waals surface area contributed by atoms with Crippen LogP contribution >= 0.6 is 0 Å². The minimum atomic E-state index is -1.20. The van der Waals surface area contributed by atoms with Gasteiger partial charge in [0, 0.05) is 19.7 Å². The lowest BCUT2D eigenvalue weighted by Crippen LogP contribution is -2.47. The molecule has 1 atom stereocenters. The van der Waals surface area contributed by atoms with Crippen molar-refractivity contribution < 1.29 is 23.8 Å². The summed E-state index contributed by atoms with van der Waals surface area (Å²) in [5, 5.41) is 20.2. The first-order valence-electron chi connectivity index (χ1n) is 10.2. The maximum absolute atomic E-state index is 12.6. The summed E-state index contributed by atoms with van der Waals surface area (Å²) in [5.74, 6) is -1.32. The number of carbonyl (C=O) groups is 2. The van der Waals surface area contributed by atoms with Crippen LogP contribution in [0, 0.1) is 0 Å². The fraction of sp³-hybridized carbons (Fsp3) is 0.348. The van der Waals surface area contributed by atoms with E-state index in [1.165, 1.54) is 19.3 Å². The van der Waals surface area contributed by atoms with Crippen LogP contribution in [0.4, 0.5) is 4.79 Å². The largest absolute Gasteiger partial charge is 0.478 e. The molecular weight excluding hydrogens is 428 g/mol. The van der Waals surface area contributed by atoms with Crippen molar-refractivity contribution in [2.45, 2.75) is 45.3 Å². The first-order chi connectivity index (χ1) is 15.4. The number of rotatable bonds is 6. The van der Waals surface area contributed by atoms with Gasteiger partial charge in [0.15, 0.2) is 0 Å². The van der Waals surface area contributed by atoms with Crippen LogP contribution in [0.15, 0.2) is 51.8 Å². The summed E-state index contributed by atoms with van der Waals surface area (Å²) < 4.78 is 12.3. The van der Waals surface area contributed by atoms with Crippen molar-refractivity contribution in [3.8, 4) is 11.5 Å². The number of aryl methyl sites for hydroxylation is 1. The maximum Gasteiger partial charge on any atom is 0.408 e. The topological polar surface area (TPSA) is 137 Å². The highest BCUT2D eigenvalue weighted by atomic mass is 16.6. The molecule has 0 fully saturated rings. The summed E-state index contributed by atoms with van der Waals surface area (Å²) in [6.45, 7) is 6.94. The third-order valence-corrected chi connectivity index (χ3v) is 4.74. The lowest BCUT2D eigenvalue weighted by Gasteiger charge is -2.29. The summed E-state index contributed by atoms with van der Waals surface area (Å²) in [7, 11) is 1.43. The number of benzene rings is 1. The number of nitrogens with zero attached hydrogens (tertiary/aromatic N) is 3. The van der Waals surface area contributed by atoms with Crippen molar-refractivity contribution in [3.05, 3.63) is 70.0 Å². The van der Waals surface area contributed by atoms with E-state index in [4.69, 9.17) is 9.15 Å². The smallest absolute Gasteiger partial charge is 0.408 e. The minimum absolute atomic E-state index is 0.0370. The van der Waals surface area contributed by atoms with Crippen LogP contribution in [-0.4, -0.2) is 37.5 Å². The zero-order valence-electron chi connectivity index (χ0n) is 19.1. The summed E-state index contributed by atoms with van der Waals surface area (Å²) in [6, 6.07) is 10.6. The molecule has 0 saturated heterocycles. The zero-order valence-corrected chi connectivity index (χ0v) is 19.1.